The molecule has 3 aliphatic rings. The highest BCUT2D eigenvalue weighted by Gasteiger charge is 2.54. The molecule has 1 aromatic heterocycles. The summed E-state index contributed by atoms with van der Waals surface area (Å²) in [6.07, 6.45) is 6.29. The van der Waals surface area contributed by atoms with E-state index in [4.69, 9.17) is 4.74 Å². The van der Waals surface area contributed by atoms with Crippen molar-refractivity contribution in [1.29, 1.82) is 0 Å². The van der Waals surface area contributed by atoms with E-state index < -0.39 is 0 Å². The molecule has 0 amide bonds. The summed E-state index contributed by atoms with van der Waals surface area (Å²) in [4.78, 5) is 4.60. The predicted molar refractivity (Wildman–Crippen MR) is 148 cm³/mol. The fraction of sp³-hybridized carbons (Fsp3) is 0.303. The van der Waals surface area contributed by atoms with E-state index in [0.717, 1.165) is 47.0 Å². The van der Waals surface area contributed by atoms with Gasteiger partial charge in [0.15, 0.2) is 0 Å². The third kappa shape index (κ3) is 4.68. The lowest BCUT2D eigenvalue weighted by Crippen LogP contribution is -2.67. The van der Waals surface area contributed by atoms with Gasteiger partial charge in [0.2, 0.25) is 0 Å². The first kappa shape index (κ1) is 23.9. The van der Waals surface area contributed by atoms with Gasteiger partial charge in [-0.25, -0.2) is 0 Å². The second kappa shape index (κ2) is 10.1. The van der Waals surface area contributed by atoms with E-state index in [1.54, 1.807) is 6.07 Å². The van der Waals surface area contributed by atoms with Crippen molar-refractivity contribution in [2.45, 2.75) is 38.1 Å². The molecule has 5 atom stereocenters. The van der Waals surface area contributed by atoms with Crippen LogP contribution in [-0.4, -0.2) is 33.7 Å². The zero-order valence-corrected chi connectivity index (χ0v) is 21.2. The number of piperidine rings is 3. The molecular formula is C33H35N2O2+. The number of ether oxygens (including phenoxy) is 1. The zero-order chi connectivity index (χ0) is 25.2. The Balaban J connectivity index is 1.45. The maximum absolute atomic E-state index is 10.4. The number of fused-ring (bicyclic) bond motifs is 4. The number of phenols is 1. The van der Waals surface area contributed by atoms with Gasteiger partial charge < -0.3 is 14.3 Å². The van der Waals surface area contributed by atoms with Gasteiger partial charge in [0.05, 0.1) is 25.2 Å². The maximum Gasteiger partial charge on any atom is 0.135 e. The first-order valence-electron chi connectivity index (χ1n) is 13.4. The minimum Gasteiger partial charge on any atom is -0.508 e. The Morgan fingerprint density at radius 3 is 2.51 bits per heavy atom. The lowest BCUT2D eigenvalue weighted by Gasteiger charge is -2.58. The van der Waals surface area contributed by atoms with Crippen molar-refractivity contribution in [3.8, 4) is 5.75 Å². The summed E-state index contributed by atoms with van der Waals surface area (Å²) in [6.45, 7) is 7.99. The van der Waals surface area contributed by atoms with Crippen molar-refractivity contribution in [1.82, 2.24) is 4.98 Å². The molecule has 37 heavy (non-hydrogen) atoms. The van der Waals surface area contributed by atoms with Crippen molar-refractivity contribution < 1.29 is 14.3 Å². The number of hydrogen-bond donors (Lipinski definition) is 1. The molecule has 0 spiro atoms. The summed E-state index contributed by atoms with van der Waals surface area (Å²) in [6, 6.07) is 29.2. The van der Waals surface area contributed by atoms with Gasteiger partial charge in [-0.2, -0.15) is 0 Å². The summed E-state index contributed by atoms with van der Waals surface area (Å²) in [5.74, 6) is 1.42. The average molecular weight is 492 g/mol. The molecule has 0 saturated carbocycles. The molecule has 1 N–H and O–H groups in total. The SMILES string of the molecule is C=C[C@H]1C[N@+]2(Cc3ccccc3)CC[C@H]1C[C@H]2[C@H](OCc1ccccc1)c1ccnc2ccc(O)cc12. The molecule has 2 bridgehead atoms. The van der Waals surface area contributed by atoms with Crippen LogP contribution in [0.2, 0.25) is 0 Å². The molecule has 4 aromatic rings. The highest BCUT2D eigenvalue weighted by Crippen LogP contribution is 2.49. The summed E-state index contributed by atoms with van der Waals surface area (Å²) < 4.78 is 7.93. The van der Waals surface area contributed by atoms with Crippen molar-refractivity contribution in [2.24, 2.45) is 11.8 Å². The summed E-state index contributed by atoms with van der Waals surface area (Å²) in [5.41, 5.74) is 4.55. The molecule has 7 rings (SSSR count). The maximum atomic E-state index is 10.4. The Morgan fingerprint density at radius 2 is 1.76 bits per heavy atom. The van der Waals surface area contributed by atoms with E-state index in [-0.39, 0.29) is 11.9 Å². The predicted octanol–water partition coefficient (Wildman–Crippen LogP) is 6.81. The van der Waals surface area contributed by atoms with E-state index in [1.165, 1.54) is 17.5 Å². The molecule has 0 radical (unpaired) electrons. The molecule has 188 valence electrons. The van der Waals surface area contributed by atoms with Crippen LogP contribution in [0.4, 0.5) is 0 Å². The smallest absolute Gasteiger partial charge is 0.135 e. The Labute approximate surface area is 219 Å². The standard InChI is InChI=1S/C33H34N2O2/c1-2-26-22-35(21-24-9-5-3-6-10-24)18-16-27(26)19-32(35)33(37-23-25-11-7-4-8-12-25)29-15-17-34-31-14-13-28(36)20-30(29)31/h2-15,17,20,26-27,32-33H,1,16,18-19,21-23H2/p+1/t26-,27-,32-,33+,35+/m0/s1. The van der Waals surface area contributed by atoms with E-state index in [0.29, 0.717) is 24.5 Å². The van der Waals surface area contributed by atoms with Crippen molar-refractivity contribution in [3.05, 3.63) is 120 Å². The van der Waals surface area contributed by atoms with Gasteiger partial charge in [0, 0.05) is 35.9 Å². The van der Waals surface area contributed by atoms with Crippen molar-refractivity contribution in [2.75, 3.05) is 13.1 Å². The number of rotatable bonds is 8. The normalized spacial score (nSPS) is 25.7. The summed E-state index contributed by atoms with van der Waals surface area (Å²) in [5, 5.41) is 11.4. The molecule has 3 saturated heterocycles. The van der Waals surface area contributed by atoms with Gasteiger partial charge >= 0.3 is 0 Å². The van der Waals surface area contributed by atoms with Gasteiger partial charge in [0.25, 0.3) is 0 Å². The second-order valence-electron chi connectivity index (χ2n) is 10.8. The number of phenolic OH excluding ortho intramolecular Hbond substituents is 1. The van der Waals surface area contributed by atoms with E-state index in [9.17, 15) is 5.11 Å². The Morgan fingerprint density at radius 1 is 1.00 bits per heavy atom. The zero-order valence-electron chi connectivity index (χ0n) is 21.2. The topological polar surface area (TPSA) is 42.4 Å². The lowest BCUT2D eigenvalue weighted by molar-refractivity contribution is -0.985. The van der Waals surface area contributed by atoms with Crippen LogP contribution in [0.3, 0.4) is 0 Å². The monoisotopic (exact) mass is 491 g/mol. The van der Waals surface area contributed by atoms with Crippen LogP contribution < -0.4 is 0 Å². The minimum atomic E-state index is -0.121. The average Bonchev–Trinajstić information content (AvgIpc) is 2.94. The van der Waals surface area contributed by atoms with Crippen LogP contribution in [0.15, 0.2) is 104 Å². The summed E-state index contributed by atoms with van der Waals surface area (Å²) in [7, 11) is 0. The van der Waals surface area contributed by atoms with Crippen LogP contribution >= 0.6 is 0 Å². The Kier molecular flexibility index (Phi) is 6.54. The molecule has 4 heterocycles. The van der Waals surface area contributed by atoms with Gasteiger partial charge in [-0.15, -0.1) is 6.58 Å². The van der Waals surface area contributed by atoms with E-state index >= 15 is 0 Å². The van der Waals surface area contributed by atoms with Gasteiger partial charge in [0.1, 0.15) is 24.4 Å². The van der Waals surface area contributed by atoms with Crippen LogP contribution in [-0.2, 0) is 17.9 Å². The quantitative estimate of drug-likeness (QED) is 0.217. The lowest BCUT2D eigenvalue weighted by atomic mass is 9.71. The highest BCUT2D eigenvalue weighted by molar-refractivity contribution is 5.83. The fourth-order valence-electron chi connectivity index (χ4n) is 6.88. The molecule has 0 unspecified atom stereocenters. The molecular weight excluding hydrogens is 456 g/mol. The van der Waals surface area contributed by atoms with Crippen molar-refractivity contribution >= 4 is 10.9 Å². The first-order valence-corrected chi connectivity index (χ1v) is 13.4. The number of aromatic nitrogens is 1. The molecule has 0 aliphatic carbocycles. The van der Waals surface area contributed by atoms with E-state index in [1.807, 2.05) is 24.4 Å². The first-order chi connectivity index (χ1) is 18.1. The largest absolute Gasteiger partial charge is 0.508 e. The molecule has 3 aromatic carbocycles. The van der Waals surface area contributed by atoms with Gasteiger partial charge in [-0.05, 0) is 41.3 Å². The Bertz CT molecular complexity index is 1370. The third-order valence-electron chi connectivity index (χ3n) is 8.70. The number of nitrogens with zero attached hydrogens (tertiary/aromatic N) is 2. The van der Waals surface area contributed by atoms with Crippen molar-refractivity contribution in [3.63, 3.8) is 0 Å². The fourth-order valence-corrected chi connectivity index (χ4v) is 6.88. The number of hydrogen-bond acceptors (Lipinski definition) is 3. The number of aromatic hydroxyl groups is 1. The number of benzene rings is 3. The van der Waals surface area contributed by atoms with Gasteiger partial charge in [-0.3, -0.25) is 4.98 Å². The van der Waals surface area contributed by atoms with Gasteiger partial charge in [-0.1, -0.05) is 66.7 Å². The molecule has 4 heteroatoms. The van der Waals surface area contributed by atoms with Crippen LogP contribution in [0, 0.1) is 11.8 Å². The number of quaternary nitrogens is 1. The highest BCUT2D eigenvalue weighted by atomic mass is 16.5. The molecule has 3 fully saturated rings. The minimum absolute atomic E-state index is 0.121. The van der Waals surface area contributed by atoms with Crippen LogP contribution in [0.25, 0.3) is 10.9 Å². The molecule has 4 nitrogen and oxygen atoms in total. The Hall–Kier alpha value is -3.47. The van der Waals surface area contributed by atoms with E-state index in [2.05, 4.69) is 78.3 Å². The second-order valence-corrected chi connectivity index (χ2v) is 10.8. The third-order valence-corrected chi connectivity index (χ3v) is 8.70. The summed E-state index contributed by atoms with van der Waals surface area (Å²) >= 11 is 0. The molecule has 3 aliphatic heterocycles. The van der Waals surface area contributed by atoms with Crippen LogP contribution in [0.5, 0.6) is 5.75 Å². The number of pyridine rings is 1. The van der Waals surface area contributed by atoms with Crippen LogP contribution in [0.1, 0.15) is 35.6 Å².